The Morgan fingerprint density at radius 1 is 1.31 bits per heavy atom. The zero-order chi connectivity index (χ0) is 11.5. The second-order valence-corrected chi connectivity index (χ2v) is 5.72. The summed E-state index contributed by atoms with van der Waals surface area (Å²) in [6.45, 7) is 0. The first-order valence-corrected chi connectivity index (χ1v) is 6.89. The second kappa shape index (κ2) is 5.30. The molecule has 0 aliphatic rings. The van der Waals surface area contributed by atoms with Gasteiger partial charge >= 0.3 is 0 Å². The second-order valence-electron chi connectivity index (χ2n) is 3.40. The van der Waals surface area contributed by atoms with Crippen LogP contribution in [0, 0.1) is 5.82 Å². The van der Waals surface area contributed by atoms with Gasteiger partial charge in [-0.05, 0) is 45.4 Å². The Morgan fingerprint density at radius 2 is 2.06 bits per heavy atom. The van der Waals surface area contributed by atoms with Gasteiger partial charge in [0.05, 0.1) is 5.38 Å². The third-order valence-corrected chi connectivity index (χ3v) is 4.77. The standard InChI is InChI=1S/C12H9BrClFS/c13-9-5-6-16-12(9)10(14)7-8-3-1-2-4-11(8)15/h1-6,10H,7H2. The number of halogens is 3. The molecule has 1 aromatic carbocycles. The molecular weight excluding hydrogens is 311 g/mol. The van der Waals surface area contributed by atoms with E-state index < -0.39 is 0 Å². The van der Waals surface area contributed by atoms with Crippen LogP contribution in [-0.4, -0.2) is 0 Å². The van der Waals surface area contributed by atoms with Gasteiger partial charge in [-0.2, -0.15) is 0 Å². The van der Waals surface area contributed by atoms with Crippen molar-refractivity contribution in [3.8, 4) is 0 Å². The van der Waals surface area contributed by atoms with E-state index in [9.17, 15) is 4.39 Å². The summed E-state index contributed by atoms with van der Waals surface area (Å²) in [7, 11) is 0. The molecule has 2 aromatic rings. The van der Waals surface area contributed by atoms with Gasteiger partial charge in [0.2, 0.25) is 0 Å². The van der Waals surface area contributed by atoms with E-state index in [0.29, 0.717) is 12.0 Å². The molecule has 84 valence electrons. The highest BCUT2D eigenvalue weighted by atomic mass is 79.9. The van der Waals surface area contributed by atoms with Gasteiger partial charge < -0.3 is 0 Å². The molecule has 1 atom stereocenters. The van der Waals surface area contributed by atoms with Crippen molar-refractivity contribution in [2.24, 2.45) is 0 Å². The van der Waals surface area contributed by atoms with Crippen LogP contribution in [0.15, 0.2) is 40.2 Å². The van der Waals surface area contributed by atoms with Gasteiger partial charge in [-0.3, -0.25) is 0 Å². The summed E-state index contributed by atoms with van der Waals surface area (Å²) < 4.78 is 14.4. The summed E-state index contributed by atoms with van der Waals surface area (Å²) in [5.41, 5.74) is 0.655. The first-order chi connectivity index (χ1) is 7.68. The van der Waals surface area contributed by atoms with E-state index in [1.165, 1.54) is 6.07 Å². The SMILES string of the molecule is Fc1ccccc1CC(Cl)c1sccc1Br. The van der Waals surface area contributed by atoms with Gasteiger partial charge in [0.15, 0.2) is 0 Å². The summed E-state index contributed by atoms with van der Waals surface area (Å²) in [5.74, 6) is -0.194. The van der Waals surface area contributed by atoms with Crippen LogP contribution in [0.2, 0.25) is 0 Å². The van der Waals surface area contributed by atoms with Gasteiger partial charge in [0.25, 0.3) is 0 Å². The monoisotopic (exact) mass is 318 g/mol. The van der Waals surface area contributed by atoms with Crippen LogP contribution in [0.1, 0.15) is 15.8 Å². The lowest BCUT2D eigenvalue weighted by atomic mass is 10.1. The summed E-state index contributed by atoms with van der Waals surface area (Å²) in [4.78, 5) is 1.05. The van der Waals surface area contributed by atoms with Crippen molar-refractivity contribution in [1.29, 1.82) is 0 Å². The maximum absolute atomic E-state index is 13.4. The fraction of sp³-hybridized carbons (Fsp3) is 0.167. The molecule has 0 amide bonds. The Labute approximate surface area is 111 Å². The van der Waals surface area contributed by atoms with Crippen LogP contribution in [0.25, 0.3) is 0 Å². The minimum absolute atomic E-state index is 0.189. The molecule has 0 nitrogen and oxygen atoms in total. The van der Waals surface area contributed by atoms with Gasteiger partial charge in [0, 0.05) is 9.35 Å². The van der Waals surface area contributed by atoms with Crippen molar-refractivity contribution in [3.05, 3.63) is 56.4 Å². The molecule has 0 aliphatic heterocycles. The molecule has 0 aliphatic carbocycles. The Hall–Kier alpha value is -0.380. The number of benzene rings is 1. The number of alkyl halides is 1. The predicted octanol–water partition coefficient (Wildman–Crippen LogP) is 5.17. The average molecular weight is 320 g/mol. The van der Waals surface area contributed by atoms with E-state index in [1.54, 1.807) is 23.5 Å². The third-order valence-electron chi connectivity index (χ3n) is 2.29. The first-order valence-electron chi connectivity index (χ1n) is 4.79. The molecule has 0 N–H and O–H groups in total. The minimum Gasteiger partial charge on any atom is -0.207 e. The van der Waals surface area contributed by atoms with Gasteiger partial charge in [0.1, 0.15) is 5.82 Å². The van der Waals surface area contributed by atoms with Crippen molar-refractivity contribution in [2.75, 3.05) is 0 Å². The summed E-state index contributed by atoms with van der Waals surface area (Å²) >= 11 is 11.3. The maximum Gasteiger partial charge on any atom is 0.126 e. The lowest BCUT2D eigenvalue weighted by molar-refractivity contribution is 0.607. The minimum atomic E-state index is -0.194. The zero-order valence-corrected chi connectivity index (χ0v) is 11.4. The van der Waals surface area contributed by atoms with E-state index in [1.807, 2.05) is 17.5 Å². The highest BCUT2D eigenvalue weighted by molar-refractivity contribution is 9.10. The molecule has 0 fully saturated rings. The van der Waals surface area contributed by atoms with Gasteiger partial charge in [-0.1, -0.05) is 18.2 Å². The third kappa shape index (κ3) is 2.65. The fourth-order valence-corrected chi connectivity index (χ4v) is 3.67. The topological polar surface area (TPSA) is 0 Å². The quantitative estimate of drug-likeness (QED) is 0.684. The fourth-order valence-electron chi connectivity index (χ4n) is 1.48. The molecule has 0 saturated heterocycles. The molecule has 1 unspecified atom stereocenters. The molecule has 1 heterocycles. The van der Waals surface area contributed by atoms with Crippen molar-refractivity contribution in [2.45, 2.75) is 11.8 Å². The molecule has 4 heteroatoms. The number of hydrogen-bond acceptors (Lipinski definition) is 1. The van der Waals surface area contributed by atoms with E-state index in [2.05, 4.69) is 15.9 Å². The van der Waals surface area contributed by atoms with Crippen molar-refractivity contribution >= 4 is 38.9 Å². The Morgan fingerprint density at radius 3 is 2.69 bits per heavy atom. The lowest BCUT2D eigenvalue weighted by Gasteiger charge is -2.09. The number of thiophene rings is 1. The normalized spacial score (nSPS) is 12.7. The van der Waals surface area contributed by atoms with E-state index in [-0.39, 0.29) is 11.2 Å². The molecule has 1 aromatic heterocycles. The lowest BCUT2D eigenvalue weighted by Crippen LogP contribution is -1.96. The molecule has 0 bridgehead atoms. The first kappa shape index (κ1) is 12.1. The van der Waals surface area contributed by atoms with Gasteiger partial charge in [-0.25, -0.2) is 4.39 Å². The molecule has 0 radical (unpaired) electrons. The van der Waals surface area contributed by atoms with Crippen LogP contribution in [0.5, 0.6) is 0 Å². The van der Waals surface area contributed by atoms with Gasteiger partial charge in [-0.15, -0.1) is 22.9 Å². The summed E-state index contributed by atoms with van der Waals surface area (Å²) in [6.07, 6.45) is 0.507. The van der Waals surface area contributed by atoms with Crippen LogP contribution >= 0.6 is 38.9 Å². The van der Waals surface area contributed by atoms with Crippen LogP contribution in [0.4, 0.5) is 4.39 Å². The summed E-state index contributed by atoms with van der Waals surface area (Å²) in [6, 6.07) is 8.69. The van der Waals surface area contributed by atoms with Crippen molar-refractivity contribution in [3.63, 3.8) is 0 Å². The molecule has 0 saturated carbocycles. The van der Waals surface area contributed by atoms with Crippen molar-refractivity contribution < 1.29 is 4.39 Å². The number of hydrogen-bond donors (Lipinski definition) is 0. The summed E-state index contributed by atoms with van der Waals surface area (Å²) in [5, 5.41) is 1.78. The molecule has 0 spiro atoms. The average Bonchev–Trinajstić information content (AvgIpc) is 2.68. The Kier molecular flexibility index (Phi) is 4.00. The molecule has 2 rings (SSSR count). The highest BCUT2D eigenvalue weighted by Gasteiger charge is 2.15. The highest BCUT2D eigenvalue weighted by Crippen LogP contribution is 2.35. The van der Waals surface area contributed by atoms with E-state index >= 15 is 0 Å². The van der Waals surface area contributed by atoms with Crippen molar-refractivity contribution in [1.82, 2.24) is 0 Å². The zero-order valence-electron chi connectivity index (χ0n) is 8.29. The molecule has 16 heavy (non-hydrogen) atoms. The number of rotatable bonds is 3. The van der Waals surface area contributed by atoms with E-state index in [4.69, 9.17) is 11.6 Å². The largest absolute Gasteiger partial charge is 0.207 e. The molecular formula is C12H9BrClFS. The van der Waals surface area contributed by atoms with Crippen LogP contribution in [0.3, 0.4) is 0 Å². The van der Waals surface area contributed by atoms with E-state index in [0.717, 1.165) is 9.35 Å². The predicted molar refractivity (Wildman–Crippen MR) is 70.7 cm³/mol. The van der Waals surface area contributed by atoms with Crippen LogP contribution in [-0.2, 0) is 6.42 Å². The Bertz CT molecular complexity index is 483. The smallest absolute Gasteiger partial charge is 0.126 e. The maximum atomic E-state index is 13.4. The van der Waals surface area contributed by atoms with Crippen LogP contribution < -0.4 is 0 Å². The Balaban J connectivity index is 2.17.